The van der Waals surface area contributed by atoms with Crippen molar-refractivity contribution in [3.63, 3.8) is 0 Å². The molecular weight excluding hydrogens is 244 g/mol. The first-order chi connectivity index (χ1) is 8.72. The first kappa shape index (κ1) is 11.1. The summed E-state index contributed by atoms with van der Waals surface area (Å²) in [6.07, 6.45) is 5.66. The maximum Gasteiger partial charge on any atom is 0.0733 e. The molecule has 4 nitrogen and oxygen atoms in total. The maximum absolute atomic E-state index is 5.77. The molecule has 0 aliphatic carbocycles. The Morgan fingerprint density at radius 3 is 2.94 bits per heavy atom. The van der Waals surface area contributed by atoms with E-state index < -0.39 is 0 Å². The Morgan fingerprint density at radius 1 is 1.28 bits per heavy atom. The predicted octanol–water partition coefficient (Wildman–Crippen LogP) is 2.70. The number of anilines is 1. The van der Waals surface area contributed by atoms with Crippen LogP contribution in [0.15, 0.2) is 52.6 Å². The van der Waals surface area contributed by atoms with Crippen LogP contribution in [0.5, 0.6) is 0 Å². The fourth-order valence-corrected chi connectivity index (χ4v) is 2.78. The number of pyridine rings is 1. The second-order valence-corrected chi connectivity index (χ2v) is 5.15. The number of benzene rings is 1. The number of aromatic nitrogens is 3. The average molecular weight is 256 g/mol. The Hall–Kier alpha value is -2.01. The molecule has 0 spiro atoms. The van der Waals surface area contributed by atoms with Crippen LogP contribution in [0.1, 0.15) is 0 Å². The second-order valence-electron chi connectivity index (χ2n) is 4.04. The second kappa shape index (κ2) is 4.34. The van der Waals surface area contributed by atoms with Crippen molar-refractivity contribution in [2.75, 3.05) is 5.73 Å². The van der Waals surface area contributed by atoms with E-state index >= 15 is 0 Å². The number of fused-ring (bicyclic) bond motifs is 1. The third kappa shape index (κ3) is 2.04. The van der Waals surface area contributed by atoms with Gasteiger partial charge in [-0.1, -0.05) is 11.8 Å². The van der Waals surface area contributed by atoms with Gasteiger partial charge in [-0.2, -0.15) is 5.10 Å². The third-order valence-electron chi connectivity index (χ3n) is 2.64. The molecule has 0 fully saturated rings. The lowest BCUT2D eigenvalue weighted by Gasteiger charge is -2.04. The molecule has 0 aliphatic rings. The van der Waals surface area contributed by atoms with E-state index in [9.17, 15) is 0 Å². The van der Waals surface area contributed by atoms with Gasteiger partial charge in [0.15, 0.2) is 0 Å². The van der Waals surface area contributed by atoms with Crippen molar-refractivity contribution in [1.82, 2.24) is 14.8 Å². The summed E-state index contributed by atoms with van der Waals surface area (Å²) in [6.45, 7) is 0. The smallest absolute Gasteiger partial charge is 0.0733 e. The lowest BCUT2D eigenvalue weighted by atomic mass is 10.2. The molecule has 0 bridgehead atoms. The van der Waals surface area contributed by atoms with E-state index in [1.807, 2.05) is 43.7 Å². The summed E-state index contributed by atoms with van der Waals surface area (Å²) < 4.78 is 1.80. The molecule has 2 N–H and O–H groups in total. The normalized spacial score (nSPS) is 10.9. The van der Waals surface area contributed by atoms with Crippen molar-refractivity contribution in [3.05, 3.63) is 42.9 Å². The van der Waals surface area contributed by atoms with Crippen LogP contribution in [-0.2, 0) is 7.05 Å². The van der Waals surface area contributed by atoms with Crippen LogP contribution in [-0.4, -0.2) is 14.8 Å². The number of nitrogens with two attached hydrogens (primary N) is 1. The minimum absolute atomic E-state index is 0.735. The Morgan fingerprint density at radius 2 is 2.17 bits per heavy atom. The first-order valence-corrected chi connectivity index (χ1v) is 6.35. The molecule has 5 heteroatoms. The zero-order chi connectivity index (χ0) is 12.5. The van der Waals surface area contributed by atoms with E-state index in [1.54, 1.807) is 22.6 Å². The molecule has 90 valence electrons. The monoisotopic (exact) mass is 256 g/mol. The van der Waals surface area contributed by atoms with Gasteiger partial charge in [-0.15, -0.1) is 0 Å². The summed E-state index contributed by atoms with van der Waals surface area (Å²) in [4.78, 5) is 6.61. The van der Waals surface area contributed by atoms with Crippen molar-refractivity contribution >= 4 is 28.4 Å². The summed E-state index contributed by atoms with van der Waals surface area (Å²) in [7, 11) is 1.91. The van der Waals surface area contributed by atoms with Crippen LogP contribution < -0.4 is 5.73 Å². The lowest BCUT2D eigenvalue weighted by molar-refractivity contribution is 0.766. The van der Waals surface area contributed by atoms with E-state index in [4.69, 9.17) is 5.73 Å². The highest BCUT2D eigenvalue weighted by atomic mass is 32.2. The van der Waals surface area contributed by atoms with Crippen LogP contribution in [0.25, 0.3) is 10.9 Å². The molecule has 0 aliphatic heterocycles. The van der Waals surface area contributed by atoms with Gasteiger partial charge in [0.2, 0.25) is 0 Å². The zero-order valence-corrected chi connectivity index (χ0v) is 10.7. The molecule has 2 aromatic heterocycles. The summed E-state index contributed by atoms with van der Waals surface area (Å²) in [6, 6.07) is 7.81. The molecule has 1 aromatic carbocycles. The van der Waals surface area contributed by atoms with Crippen molar-refractivity contribution < 1.29 is 0 Å². The number of hydrogen-bond acceptors (Lipinski definition) is 4. The Balaban J connectivity index is 2.06. The molecule has 0 amide bonds. The number of nitrogen functional groups attached to an aromatic ring is 1. The largest absolute Gasteiger partial charge is 0.399 e. The standard InChI is InChI=1S/C13H12N4S/c1-17-8-10(7-16-17)18-13-4-5-15-12-6-9(14)2-3-11(12)13/h2-8H,14H2,1H3. The van der Waals surface area contributed by atoms with Gasteiger partial charge < -0.3 is 5.73 Å². The molecule has 0 saturated heterocycles. The SMILES string of the molecule is Cn1cc(Sc2ccnc3cc(N)ccc23)cn1. The highest BCUT2D eigenvalue weighted by Crippen LogP contribution is 2.32. The van der Waals surface area contributed by atoms with Gasteiger partial charge in [-0.05, 0) is 24.3 Å². The zero-order valence-electron chi connectivity index (χ0n) is 9.87. The van der Waals surface area contributed by atoms with Crippen LogP contribution >= 0.6 is 11.8 Å². The molecule has 0 unspecified atom stereocenters. The summed E-state index contributed by atoms with van der Waals surface area (Å²) in [5.41, 5.74) is 7.42. The van der Waals surface area contributed by atoms with Gasteiger partial charge in [-0.3, -0.25) is 9.67 Å². The van der Waals surface area contributed by atoms with E-state index in [-0.39, 0.29) is 0 Å². The number of hydrogen-bond donors (Lipinski definition) is 1. The van der Waals surface area contributed by atoms with Crippen molar-refractivity contribution in [2.45, 2.75) is 9.79 Å². The van der Waals surface area contributed by atoms with Crippen molar-refractivity contribution in [3.8, 4) is 0 Å². The summed E-state index contributed by atoms with van der Waals surface area (Å²) in [5, 5.41) is 5.28. The molecule has 3 aromatic rings. The van der Waals surface area contributed by atoms with Crippen LogP contribution in [0.4, 0.5) is 5.69 Å². The Kier molecular flexibility index (Phi) is 2.68. The lowest BCUT2D eigenvalue weighted by Crippen LogP contribution is -1.87. The van der Waals surface area contributed by atoms with Gasteiger partial charge in [0.05, 0.1) is 16.6 Å². The summed E-state index contributed by atoms with van der Waals surface area (Å²) in [5.74, 6) is 0. The fraction of sp³-hybridized carbons (Fsp3) is 0.0769. The molecule has 0 atom stereocenters. The summed E-state index contributed by atoms with van der Waals surface area (Å²) >= 11 is 1.68. The first-order valence-electron chi connectivity index (χ1n) is 5.53. The molecule has 0 saturated carbocycles. The van der Waals surface area contributed by atoms with Gasteiger partial charge in [0.25, 0.3) is 0 Å². The van der Waals surface area contributed by atoms with Gasteiger partial charge >= 0.3 is 0 Å². The Bertz CT molecular complexity index is 705. The van der Waals surface area contributed by atoms with E-state index in [0.29, 0.717) is 0 Å². The predicted molar refractivity (Wildman–Crippen MR) is 73.5 cm³/mol. The fourth-order valence-electron chi connectivity index (χ4n) is 1.81. The molecular formula is C13H12N4S. The quantitative estimate of drug-likeness (QED) is 0.716. The average Bonchev–Trinajstić information content (AvgIpc) is 2.75. The Labute approximate surface area is 109 Å². The highest BCUT2D eigenvalue weighted by Gasteiger charge is 2.05. The maximum atomic E-state index is 5.77. The van der Waals surface area contributed by atoms with E-state index in [0.717, 1.165) is 26.4 Å². The minimum Gasteiger partial charge on any atom is -0.399 e. The molecule has 0 radical (unpaired) electrons. The van der Waals surface area contributed by atoms with Crippen LogP contribution in [0.2, 0.25) is 0 Å². The number of aryl methyl sites for hydroxylation is 1. The third-order valence-corrected chi connectivity index (χ3v) is 3.66. The van der Waals surface area contributed by atoms with Crippen molar-refractivity contribution in [2.24, 2.45) is 7.05 Å². The number of nitrogens with zero attached hydrogens (tertiary/aromatic N) is 3. The van der Waals surface area contributed by atoms with Crippen molar-refractivity contribution in [1.29, 1.82) is 0 Å². The number of rotatable bonds is 2. The molecule has 3 rings (SSSR count). The highest BCUT2D eigenvalue weighted by molar-refractivity contribution is 7.99. The van der Waals surface area contributed by atoms with Gasteiger partial charge in [-0.25, -0.2) is 0 Å². The minimum atomic E-state index is 0.735. The van der Waals surface area contributed by atoms with Crippen LogP contribution in [0, 0.1) is 0 Å². The topological polar surface area (TPSA) is 56.7 Å². The molecule has 18 heavy (non-hydrogen) atoms. The van der Waals surface area contributed by atoms with Gasteiger partial charge in [0, 0.05) is 35.4 Å². The molecule has 2 heterocycles. The van der Waals surface area contributed by atoms with E-state index in [2.05, 4.69) is 10.1 Å². The van der Waals surface area contributed by atoms with E-state index in [1.165, 1.54) is 0 Å². The van der Waals surface area contributed by atoms with Crippen LogP contribution in [0.3, 0.4) is 0 Å². The van der Waals surface area contributed by atoms with Gasteiger partial charge in [0.1, 0.15) is 0 Å².